The Morgan fingerprint density at radius 2 is 0.857 bits per heavy atom. The topological polar surface area (TPSA) is 57.3 Å². The number of pyridine rings is 2. The van der Waals surface area contributed by atoms with Gasteiger partial charge in [0.1, 0.15) is 0 Å². The SMILES string of the molecule is O.[NaH].c1ccc(-c2ccnc3c2ccc2c(-c4ccccc4)ccnc23)cc1. The first kappa shape index (κ1) is 20.2. The van der Waals surface area contributed by atoms with Crippen LogP contribution >= 0.6 is 0 Å². The van der Waals surface area contributed by atoms with E-state index in [0.29, 0.717) is 0 Å². The van der Waals surface area contributed by atoms with Crippen LogP contribution in [0.25, 0.3) is 44.1 Å². The van der Waals surface area contributed by atoms with Crippen molar-refractivity contribution < 1.29 is 5.48 Å². The maximum Gasteiger partial charge on any atom is 0.0970 e. The van der Waals surface area contributed by atoms with E-state index in [0.717, 1.165) is 21.8 Å². The van der Waals surface area contributed by atoms with Gasteiger partial charge in [-0.3, -0.25) is 9.97 Å². The van der Waals surface area contributed by atoms with Gasteiger partial charge in [-0.15, -0.1) is 0 Å². The van der Waals surface area contributed by atoms with E-state index in [9.17, 15) is 0 Å². The number of benzene rings is 3. The minimum absolute atomic E-state index is 0. The van der Waals surface area contributed by atoms with Crippen molar-refractivity contribution in [3.05, 3.63) is 97.3 Å². The normalized spacial score (nSPS) is 10.3. The number of rotatable bonds is 2. The molecule has 3 aromatic carbocycles. The maximum atomic E-state index is 4.67. The monoisotopic (exact) mass is 374 g/mol. The smallest absolute Gasteiger partial charge is 0.0970 e. The van der Waals surface area contributed by atoms with Crippen LogP contribution in [0.4, 0.5) is 0 Å². The number of nitrogens with zero attached hydrogens (tertiary/aromatic N) is 2. The standard InChI is InChI=1S/C24H16N2.Na.H2O.H/c1-3-7-17(8-4-1)19-13-15-25-23-21(19)11-12-22-20(14-16-26-24(22)23)18-9-5-2-6-10-18;;;/h1-16H;;1H2;. The fourth-order valence-electron chi connectivity index (χ4n) is 3.57. The van der Waals surface area contributed by atoms with Crippen LogP contribution in [0.2, 0.25) is 0 Å². The van der Waals surface area contributed by atoms with E-state index >= 15 is 0 Å². The van der Waals surface area contributed by atoms with Crippen molar-refractivity contribution in [2.45, 2.75) is 0 Å². The molecule has 0 spiro atoms. The van der Waals surface area contributed by atoms with Crippen LogP contribution in [0.15, 0.2) is 97.3 Å². The molecule has 0 unspecified atom stereocenters. The van der Waals surface area contributed by atoms with E-state index in [1.165, 1.54) is 22.3 Å². The molecule has 0 atom stereocenters. The van der Waals surface area contributed by atoms with Crippen molar-refractivity contribution >= 4 is 51.4 Å². The van der Waals surface area contributed by atoms with Crippen LogP contribution in [-0.4, -0.2) is 45.0 Å². The van der Waals surface area contributed by atoms with Crippen LogP contribution in [0, 0.1) is 0 Å². The molecule has 0 saturated heterocycles. The Kier molecular flexibility index (Phi) is 6.22. The van der Waals surface area contributed by atoms with Gasteiger partial charge < -0.3 is 5.48 Å². The Bertz CT molecular complexity index is 1130. The minimum atomic E-state index is 0. The van der Waals surface area contributed by atoms with E-state index in [-0.39, 0.29) is 35.0 Å². The summed E-state index contributed by atoms with van der Waals surface area (Å²) in [6.07, 6.45) is 3.75. The van der Waals surface area contributed by atoms with Gasteiger partial charge in [0.05, 0.1) is 11.0 Å². The molecule has 4 heteroatoms. The molecule has 5 rings (SSSR count). The minimum Gasteiger partial charge on any atom is -0.254 e. The molecule has 132 valence electrons. The zero-order valence-electron chi connectivity index (χ0n) is 14.6. The molecule has 0 aliphatic heterocycles. The molecule has 5 aromatic rings. The quantitative estimate of drug-likeness (QED) is 0.334. The van der Waals surface area contributed by atoms with E-state index < -0.39 is 0 Å². The molecule has 0 amide bonds. The van der Waals surface area contributed by atoms with E-state index in [1.54, 1.807) is 0 Å². The first-order chi connectivity index (χ1) is 12.9. The van der Waals surface area contributed by atoms with Crippen molar-refractivity contribution in [2.24, 2.45) is 0 Å². The molecule has 0 bridgehead atoms. The van der Waals surface area contributed by atoms with Gasteiger partial charge >= 0.3 is 29.6 Å². The van der Waals surface area contributed by atoms with Crippen LogP contribution in [-0.2, 0) is 0 Å². The fourth-order valence-corrected chi connectivity index (χ4v) is 3.57. The molecule has 0 aliphatic rings. The van der Waals surface area contributed by atoms with E-state index in [4.69, 9.17) is 0 Å². The van der Waals surface area contributed by atoms with Gasteiger partial charge in [0, 0.05) is 23.2 Å². The Hall–Kier alpha value is -2.56. The third kappa shape index (κ3) is 3.46. The predicted octanol–water partition coefficient (Wildman–Crippen LogP) is 4.64. The Morgan fingerprint density at radius 3 is 1.25 bits per heavy atom. The van der Waals surface area contributed by atoms with Gasteiger partial charge in [0.25, 0.3) is 0 Å². The number of hydrogen-bond donors (Lipinski definition) is 0. The molecule has 2 aromatic heterocycles. The second kappa shape index (κ2) is 8.63. The number of aromatic nitrogens is 2. The third-order valence-electron chi connectivity index (χ3n) is 4.79. The van der Waals surface area contributed by atoms with Crippen molar-refractivity contribution in [3.63, 3.8) is 0 Å². The summed E-state index contributed by atoms with van der Waals surface area (Å²) in [7, 11) is 0. The molecular weight excluding hydrogens is 355 g/mol. The second-order valence-corrected chi connectivity index (χ2v) is 6.31. The largest absolute Gasteiger partial charge is 0.254 e. The summed E-state index contributed by atoms with van der Waals surface area (Å²) in [6, 6.07) is 29.3. The molecule has 28 heavy (non-hydrogen) atoms. The van der Waals surface area contributed by atoms with E-state index in [1.807, 2.05) is 24.5 Å². The van der Waals surface area contributed by atoms with Crippen LogP contribution < -0.4 is 0 Å². The molecule has 0 radical (unpaired) electrons. The van der Waals surface area contributed by atoms with Gasteiger partial charge in [-0.25, -0.2) is 0 Å². The van der Waals surface area contributed by atoms with Crippen LogP contribution in [0.5, 0.6) is 0 Å². The van der Waals surface area contributed by atoms with Gasteiger partial charge in [-0.2, -0.15) is 0 Å². The van der Waals surface area contributed by atoms with Crippen LogP contribution in [0.3, 0.4) is 0 Å². The third-order valence-corrected chi connectivity index (χ3v) is 4.79. The summed E-state index contributed by atoms with van der Waals surface area (Å²) < 4.78 is 0. The Morgan fingerprint density at radius 1 is 0.464 bits per heavy atom. The second-order valence-electron chi connectivity index (χ2n) is 6.31. The van der Waals surface area contributed by atoms with Gasteiger partial charge in [-0.05, 0) is 34.4 Å². The molecule has 0 saturated carbocycles. The molecule has 2 heterocycles. The molecule has 0 fully saturated rings. The summed E-state index contributed by atoms with van der Waals surface area (Å²) >= 11 is 0. The summed E-state index contributed by atoms with van der Waals surface area (Å²) in [5.41, 5.74) is 6.65. The van der Waals surface area contributed by atoms with Crippen LogP contribution in [0.1, 0.15) is 0 Å². The first-order valence-corrected chi connectivity index (χ1v) is 8.69. The van der Waals surface area contributed by atoms with Gasteiger partial charge in [0.2, 0.25) is 0 Å². The van der Waals surface area contributed by atoms with Crippen molar-refractivity contribution in [3.8, 4) is 22.3 Å². The molecule has 3 nitrogen and oxygen atoms in total. The molecule has 2 N–H and O–H groups in total. The molecule has 0 aliphatic carbocycles. The van der Waals surface area contributed by atoms with Gasteiger partial charge in [-0.1, -0.05) is 72.8 Å². The summed E-state index contributed by atoms with van der Waals surface area (Å²) in [4.78, 5) is 9.34. The van der Waals surface area contributed by atoms with Crippen molar-refractivity contribution in [1.82, 2.24) is 9.97 Å². The number of fused-ring (bicyclic) bond motifs is 3. The predicted molar refractivity (Wildman–Crippen MR) is 119 cm³/mol. The van der Waals surface area contributed by atoms with Crippen molar-refractivity contribution in [2.75, 3.05) is 0 Å². The number of hydrogen-bond acceptors (Lipinski definition) is 2. The Balaban J connectivity index is 0.00000112. The molecular formula is C24H19N2NaO. The fraction of sp³-hybridized carbons (Fsp3) is 0. The summed E-state index contributed by atoms with van der Waals surface area (Å²) in [5.74, 6) is 0. The summed E-state index contributed by atoms with van der Waals surface area (Å²) in [6.45, 7) is 0. The zero-order valence-corrected chi connectivity index (χ0v) is 14.6. The summed E-state index contributed by atoms with van der Waals surface area (Å²) in [5, 5.41) is 2.26. The van der Waals surface area contributed by atoms with Crippen molar-refractivity contribution in [1.29, 1.82) is 0 Å². The average Bonchev–Trinajstić information content (AvgIpc) is 2.74. The average molecular weight is 374 g/mol. The zero-order chi connectivity index (χ0) is 17.3. The Labute approximate surface area is 185 Å². The maximum absolute atomic E-state index is 4.67. The van der Waals surface area contributed by atoms with E-state index in [2.05, 4.69) is 82.8 Å². The van der Waals surface area contributed by atoms with Gasteiger partial charge in [0.15, 0.2) is 0 Å². The first-order valence-electron chi connectivity index (χ1n) is 8.69.